The van der Waals surface area contributed by atoms with Crippen LogP contribution in [0.4, 0.5) is 0 Å². The predicted molar refractivity (Wildman–Crippen MR) is 92.9 cm³/mol. The summed E-state index contributed by atoms with van der Waals surface area (Å²) in [6.45, 7) is 0. The summed E-state index contributed by atoms with van der Waals surface area (Å²) in [5.41, 5.74) is 8.09. The van der Waals surface area contributed by atoms with Crippen molar-refractivity contribution in [3.05, 3.63) is 33.8 Å². The van der Waals surface area contributed by atoms with Crippen LogP contribution in [-0.4, -0.2) is 32.4 Å². The first-order valence-corrected chi connectivity index (χ1v) is 9.64. The van der Waals surface area contributed by atoms with E-state index in [-0.39, 0.29) is 36.5 Å². The molecule has 0 radical (unpaired) electrons. The van der Waals surface area contributed by atoms with Gasteiger partial charge in [-0.15, -0.1) is 12.4 Å². The van der Waals surface area contributed by atoms with E-state index in [9.17, 15) is 13.2 Å². The smallest absolute Gasteiger partial charge is 0.237 e. The maximum Gasteiger partial charge on any atom is 0.237 e. The second-order valence-corrected chi connectivity index (χ2v) is 8.55. The molecule has 1 aromatic carbocycles. The Morgan fingerprint density at radius 2 is 2.18 bits per heavy atom. The van der Waals surface area contributed by atoms with Crippen LogP contribution in [0.1, 0.15) is 30.0 Å². The normalized spacial score (nSPS) is 18.2. The molecule has 0 saturated carbocycles. The highest BCUT2D eigenvalue weighted by Crippen LogP contribution is 2.35. The molecule has 0 fully saturated rings. The van der Waals surface area contributed by atoms with Crippen molar-refractivity contribution in [1.82, 2.24) is 5.32 Å². The molecule has 1 aliphatic carbocycles. The molecule has 2 unspecified atom stereocenters. The summed E-state index contributed by atoms with van der Waals surface area (Å²) in [6.07, 6.45) is 3.02. The van der Waals surface area contributed by atoms with Crippen LogP contribution in [0, 0.1) is 0 Å². The number of benzene rings is 1. The fourth-order valence-corrected chi connectivity index (χ4v) is 3.77. The lowest BCUT2D eigenvalue weighted by Crippen LogP contribution is -2.42. The number of sulfone groups is 1. The highest BCUT2D eigenvalue weighted by molar-refractivity contribution is 9.10. The summed E-state index contributed by atoms with van der Waals surface area (Å²) < 4.78 is 23.3. The molecule has 8 heteroatoms. The van der Waals surface area contributed by atoms with E-state index in [2.05, 4.69) is 21.2 Å². The molecule has 0 bridgehead atoms. The minimum Gasteiger partial charge on any atom is -0.348 e. The molecule has 3 N–H and O–H groups in total. The van der Waals surface area contributed by atoms with Gasteiger partial charge in [-0.05, 0) is 36.5 Å². The van der Waals surface area contributed by atoms with Crippen LogP contribution >= 0.6 is 28.3 Å². The molecule has 0 spiro atoms. The maximum absolute atomic E-state index is 12.1. The standard InChI is InChI=1S/C14H19BrN2O3S.ClH/c1-21(19,20)8-7-12(16)14(18)17-13-6-5-9-10(13)3-2-4-11(9)15;/h2-4,12-13H,5-8,16H2,1H3,(H,17,18);1H. The Hall–Kier alpha value is -0.630. The lowest BCUT2D eigenvalue weighted by Gasteiger charge is -2.17. The zero-order valence-corrected chi connectivity index (χ0v) is 15.4. The monoisotopic (exact) mass is 410 g/mol. The second-order valence-electron chi connectivity index (χ2n) is 5.43. The lowest BCUT2D eigenvalue weighted by molar-refractivity contribution is -0.123. The van der Waals surface area contributed by atoms with Gasteiger partial charge in [0.1, 0.15) is 9.84 Å². The van der Waals surface area contributed by atoms with Gasteiger partial charge in [0.25, 0.3) is 0 Å². The molecular formula is C14H20BrClN2O3S. The van der Waals surface area contributed by atoms with Crippen LogP contribution < -0.4 is 11.1 Å². The summed E-state index contributed by atoms with van der Waals surface area (Å²) in [7, 11) is -3.10. The van der Waals surface area contributed by atoms with E-state index >= 15 is 0 Å². The highest BCUT2D eigenvalue weighted by Gasteiger charge is 2.27. The van der Waals surface area contributed by atoms with Crippen molar-refractivity contribution in [3.63, 3.8) is 0 Å². The third-order valence-electron chi connectivity index (χ3n) is 3.67. The Morgan fingerprint density at radius 1 is 1.50 bits per heavy atom. The first-order chi connectivity index (χ1) is 9.78. The average Bonchev–Trinajstić information content (AvgIpc) is 2.80. The Morgan fingerprint density at radius 3 is 2.82 bits per heavy atom. The number of halogens is 2. The summed E-state index contributed by atoms with van der Waals surface area (Å²) >= 11 is 3.51. The Bertz CT molecular complexity index is 651. The first-order valence-electron chi connectivity index (χ1n) is 6.79. The molecule has 0 saturated heterocycles. The maximum atomic E-state index is 12.1. The van der Waals surface area contributed by atoms with E-state index in [0.717, 1.165) is 29.1 Å². The third-order valence-corrected chi connectivity index (χ3v) is 5.39. The largest absolute Gasteiger partial charge is 0.348 e. The van der Waals surface area contributed by atoms with Crippen LogP contribution in [0.15, 0.2) is 22.7 Å². The molecule has 0 aliphatic heterocycles. The first kappa shape index (κ1) is 19.4. The van der Waals surface area contributed by atoms with E-state index in [1.54, 1.807) is 0 Å². The Balaban J connectivity index is 0.00000242. The van der Waals surface area contributed by atoms with Gasteiger partial charge < -0.3 is 11.1 Å². The molecule has 0 heterocycles. The van der Waals surface area contributed by atoms with Crippen molar-refractivity contribution >= 4 is 44.1 Å². The van der Waals surface area contributed by atoms with E-state index in [0.29, 0.717) is 0 Å². The van der Waals surface area contributed by atoms with Gasteiger partial charge in [-0.25, -0.2) is 8.42 Å². The van der Waals surface area contributed by atoms with E-state index in [1.165, 1.54) is 5.56 Å². The zero-order chi connectivity index (χ0) is 15.6. The molecule has 5 nitrogen and oxygen atoms in total. The SMILES string of the molecule is CS(=O)(=O)CCC(N)C(=O)NC1CCc2c(Br)cccc21.Cl. The topological polar surface area (TPSA) is 89.3 Å². The number of carbonyl (C=O) groups excluding carboxylic acids is 1. The summed E-state index contributed by atoms with van der Waals surface area (Å²) in [6, 6.07) is 5.09. The van der Waals surface area contributed by atoms with Gasteiger partial charge in [-0.1, -0.05) is 28.1 Å². The minimum atomic E-state index is -3.10. The van der Waals surface area contributed by atoms with Crippen molar-refractivity contribution in [2.24, 2.45) is 5.73 Å². The van der Waals surface area contributed by atoms with Crippen LogP contribution in [0.25, 0.3) is 0 Å². The fraction of sp³-hybridized carbons (Fsp3) is 0.500. The molecule has 1 aromatic rings. The van der Waals surface area contributed by atoms with Crippen molar-refractivity contribution < 1.29 is 13.2 Å². The summed E-state index contributed by atoms with van der Waals surface area (Å²) in [5, 5.41) is 2.92. The van der Waals surface area contributed by atoms with E-state index in [4.69, 9.17) is 5.73 Å². The Kier molecular flexibility index (Phi) is 6.85. The van der Waals surface area contributed by atoms with Gasteiger partial charge in [0, 0.05) is 10.7 Å². The molecule has 1 aliphatic rings. The average molecular weight is 412 g/mol. The predicted octanol–water partition coefficient (Wildman–Crippen LogP) is 1.74. The van der Waals surface area contributed by atoms with Crippen LogP contribution in [0.3, 0.4) is 0 Å². The number of hydrogen-bond acceptors (Lipinski definition) is 4. The second kappa shape index (κ2) is 7.77. The molecule has 2 atom stereocenters. The zero-order valence-electron chi connectivity index (χ0n) is 12.2. The van der Waals surface area contributed by atoms with Gasteiger partial charge in [0.05, 0.1) is 17.8 Å². The van der Waals surface area contributed by atoms with Gasteiger partial charge in [-0.3, -0.25) is 4.79 Å². The van der Waals surface area contributed by atoms with Crippen LogP contribution in [0.5, 0.6) is 0 Å². The van der Waals surface area contributed by atoms with Gasteiger partial charge >= 0.3 is 0 Å². The number of hydrogen-bond donors (Lipinski definition) is 2. The van der Waals surface area contributed by atoms with Gasteiger partial charge in [0.15, 0.2) is 0 Å². The number of amides is 1. The number of carbonyl (C=O) groups is 1. The molecule has 22 heavy (non-hydrogen) atoms. The third kappa shape index (κ3) is 4.94. The number of rotatable bonds is 5. The molecule has 124 valence electrons. The quantitative estimate of drug-likeness (QED) is 0.772. The molecular weight excluding hydrogens is 392 g/mol. The van der Waals surface area contributed by atoms with Crippen LogP contribution in [0.2, 0.25) is 0 Å². The number of nitrogens with two attached hydrogens (primary N) is 1. The minimum absolute atomic E-state index is 0. The number of fused-ring (bicyclic) bond motifs is 1. The summed E-state index contributed by atoms with van der Waals surface area (Å²) in [4.78, 5) is 12.1. The van der Waals surface area contributed by atoms with Gasteiger partial charge in [0.2, 0.25) is 5.91 Å². The van der Waals surface area contributed by atoms with Gasteiger partial charge in [-0.2, -0.15) is 0 Å². The van der Waals surface area contributed by atoms with Crippen LogP contribution in [-0.2, 0) is 21.1 Å². The number of nitrogens with one attached hydrogen (secondary N) is 1. The van der Waals surface area contributed by atoms with E-state index in [1.807, 2.05) is 18.2 Å². The summed E-state index contributed by atoms with van der Waals surface area (Å²) in [5.74, 6) is -0.370. The van der Waals surface area contributed by atoms with Crippen molar-refractivity contribution in [2.45, 2.75) is 31.3 Å². The van der Waals surface area contributed by atoms with Crippen molar-refractivity contribution in [2.75, 3.05) is 12.0 Å². The Labute approximate surface area is 145 Å². The van der Waals surface area contributed by atoms with Crippen molar-refractivity contribution in [3.8, 4) is 0 Å². The molecule has 0 aromatic heterocycles. The van der Waals surface area contributed by atoms with Crippen molar-refractivity contribution in [1.29, 1.82) is 0 Å². The van der Waals surface area contributed by atoms with E-state index < -0.39 is 15.9 Å². The molecule has 1 amide bonds. The fourth-order valence-electron chi connectivity index (χ4n) is 2.51. The lowest BCUT2D eigenvalue weighted by atomic mass is 10.1. The highest BCUT2D eigenvalue weighted by atomic mass is 79.9. The molecule has 2 rings (SSSR count).